The van der Waals surface area contributed by atoms with Crippen LogP contribution in [0.25, 0.3) is 0 Å². The Morgan fingerprint density at radius 3 is 2.62 bits per heavy atom. The minimum absolute atomic E-state index is 0.0889. The highest BCUT2D eigenvalue weighted by molar-refractivity contribution is 6.20. The molecule has 0 aromatic carbocycles. The van der Waals surface area contributed by atoms with E-state index >= 15 is 0 Å². The fourth-order valence-electron chi connectivity index (χ4n) is 4.28. The molecule has 1 heterocycles. The van der Waals surface area contributed by atoms with Gasteiger partial charge in [0.15, 0.2) is 5.82 Å². The average Bonchev–Trinajstić information content (AvgIpc) is 2.74. The Hall–Kier alpha value is -0.640. The van der Waals surface area contributed by atoms with Gasteiger partial charge < -0.3 is 0 Å². The van der Waals surface area contributed by atoms with Gasteiger partial charge >= 0.3 is 0 Å². The summed E-state index contributed by atoms with van der Waals surface area (Å²) in [6.45, 7) is 1.94. The molecule has 5 heteroatoms. The molecule has 2 bridgehead atoms. The molecule has 1 aromatic heterocycles. The Balaban J connectivity index is 1.66. The van der Waals surface area contributed by atoms with Crippen LogP contribution >= 0.6 is 11.6 Å². The molecule has 0 saturated heterocycles. The van der Waals surface area contributed by atoms with E-state index in [9.17, 15) is 0 Å². The first kappa shape index (κ1) is 9.40. The molecule has 4 rings (SSSR count). The summed E-state index contributed by atoms with van der Waals surface area (Å²) in [5, 5.41) is 11.9. The largest absolute Gasteiger partial charge is 0.224 e. The zero-order valence-corrected chi connectivity index (χ0v) is 10.0. The first-order valence-corrected chi connectivity index (χ1v) is 6.63. The van der Waals surface area contributed by atoms with Crippen molar-refractivity contribution in [2.75, 3.05) is 0 Å². The number of nitrogens with zero attached hydrogens (tertiary/aromatic N) is 4. The zero-order valence-electron chi connectivity index (χ0n) is 9.25. The molecule has 0 amide bonds. The van der Waals surface area contributed by atoms with E-state index in [0.29, 0.717) is 6.04 Å². The molecule has 86 valence electrons. The molecule has 3 fully saturated rings. The number of tetrazole rings is 1. The summed E-state index contributed by atoms with van der Waals surface area (Å²) >= 11 is 6.10. The summed E-state index contributed by atoms with van der Waals surface area (Å²) < 4.78 is 2.01. The van der Waals surface area contributed by atoms with E-state index in [1.54, 1.807) is 0 Å². The highest BCUT2D eigenvalue weighted by Gasteiger charge is 2.66. The molecular formula is C11H15ClN4. The Kier molecular flexibility index (Phi) is 1.75. The van der Waals surface area contributed by atoms with Crippen molar-refractivity contribution >= 4 is 11.6 Å². The maximum atomic E-state index is 6.10. The van der Waals surface area contributed by atoms with Gasteiger partial charge in [-0.2, -0.15) is 0 Å². The van der Waals surface area contributed by atoms with Gasteiger partial charge in [-0.15, -0.1) is 16.7 Å². The second-order valence-electron chi connectivity index (χ2n) is 5.58. The zero-order chi connectivity index (χ0) is 10.9. The molecule has 1 aromatic rings. The van der Waals surface area contributed by atoms with Crippen LogP contribution in [0.1, 0.15) is 43.4 Å². The van der Waals surface area contributed by atoms with E-state index < -0.39 is 0 Å². The van der Waals surface area contributed by atoms with Crippen LogP contribution < -0.4 is 0 Å². The monoisotopic (exact) mass is 238 g/mol. The number of hydrogen-bond acceptors (Lipinski definition) is 3. The van der Waals surface area contributed by atoms with Gasteiger partial charge in [-0.05, 0) is 60.3 Å². The fraction of sp³-hybridized carbons (Fsp3) is 0.909. The predicted molar refractivity (Wildman–Crippen MR) is 58.9 cm³/mol. The minimum atomic E-state index is -0.0889. The third-order valence-corrected chi connectivity index (χ3v) is 5.05. The van der Waals surface area contributed by atoms with Crippen LogP contribution in [0.4, 0.5) is 0 Å². The Bertz CT molecular complexity index is 413. The number of fused-ring (bicyclic) bond motifs is 5. The van der Waals surface area contributed by atoms with Crippen molar-refractivity contribution in [1.82, 2.24) is 20.2 Å². The molecule has 0 radical (unpaired) electrons. The molecule has 0 N–H and O–H groups in total. The van der Waals surface area contributed by atoms with Crippen LogP contribution in [-0.4, -0.2) is 20.2 Å². The summed E-state index contributed by atoms with van der Waals surface area (Å²) in [6.07, 6.45) is 4.31. The fourth-order valence-corrected chi connectivity index (χ4v) is 4.42. The quantitative estimate of drug-likeness (QED) is 0.742. The Morgan fingerprint density at radius 2 is 2.00 bits per heavy atom. The van der Waals surface area contributed by atoms with E-state index in [-0.39, 0.29) is 5.38 Å². The highest BCUT2D eigenvalue weighted by Crippen LogP contribution is 2.71. The highest BCUT2D eigenvalue weighted by atomic mass is 35.5. The van der Waals surface area contributed by atoms with Crippen LogP contribution in [0.3, 0.4) is 0 Å². The van der Waals surface area contributed by atoms with E-state index in [1.165, 1.54) is 19.3 Å². The summed E-state index contributed by atoms with van der Waals surface area (Å²) in [4.78, 5) is 0. The molecule has 3 saturated carbocycles. The number of alkyl halides is 1. The smallest absolute Gasteiger partial charge is 0.169 e. The molecular weight excluding hydrogens is 224 g/mol. The number of hydrogen-bond donors (Lipinski definition) is 0. The lowest BCUT2D eigenvalue weighted by atomic mass is 10.0. The summed E-state index contributed by atoms with van der Waals surface area (Å²) in [5.74, 6) is 4.46. The van der Waals surface area contributed by atoms with Crippen molar-refractivity contribution in [1.29, 1.82) is 0 Å². The van der Waals surface area contributed by atoms with Gasteiger partial charge in [0, 0.05) is 0 Å². The molecule has 5 atom stereocenters. The Morgan fingerprint density at radius 1 is 1.31 bits per heavy atom. The van der Waals surface area contributed by atoms with Gasteiger partial charge in [0.25, 0.3) is 0 Å². The lowest BCUT2D eigenvalue weighted by Gasteiger charge is -2.10. The number of rotatable bonds is 2. The normalized spacial score (nSPS) is 45.8. The first-order valence-electron chi connectivity index (χ1n) is 6.19. The second-order valence-corrected chi connectivity index (χ2v) is 6.23. The van der Waals surface area contributed by atoms with E-state index in [1.807, 2.05) is 11.6 Å². The number of aromatic nitrogens is 4. The van der Waals surface area contributed by atoms with Crippen molar-refractivity contribution < 1.29 is 0 Å². The number of halogens is 1. The standard InChI is InChI=1S/C11H15ClN4/c1-5(12)11-13-14-15-16(11)10-8-6-2-3-7(4-6)9(8)10/h5-10H,2-4H2,1H3. The molecule has 0 spiro atoms. The van der Waals surface area contributed by atoms with Crippen molar-refractivity contribution in [3.8, 4) is 0 Å². The molecule has 0 aliphatic heterocycles. The van der Waals surface area contributed by atoms with Gasteiger partial charge in [0.2, 0.25) is 0 Å². The summed E-state index contributed by atoms with van der Waals surface area (Å²) in [7, 11) is 0. The molecule has 3 aliphatic carbocycles. The van der Waals surface area contributed by atoms with Gasteiger partial charge in [-0.25, -0.2) is 4.68 Å². The topological polar surface area (TPSA) is 43.6 Å². The van der Waals surface area contributed by atoms with E-state index in [4.69, 9.17) is 11.6 Å². The van der Waals surface area contributed by atoms with Crippen molar-refractivity contribution in [3.05, 3.63) is 5.82 Å². The van der Waals surface area contributed by atoms with Gasteiger partial charge in [0.1, 0.15) is 0 Å². The predicted octanol–water partition coefficient (Wildman–Crippen LogP) is 2.19. The lowest BCUT2D eigenvalue weighted by Crippen LogP contribution is -2.10. The van der Waals surface area contributed by atoms with E-state index in [2.05, 4.69) is 15.5 Å². The van der Waals surface area contributed by atoms with Crippen LogP contribution in [0.2, 0.25) is 0 Å². The molecule has 4 nitrogen and oxygen atoms in total. The van der Waals surface area contributed by atoms with Crippen molar-refractivity contribution in [3.63, 3.8) is 0 Å². The maximum Gasteiger partial charge on any atom is 0.169 e. The Labute approximate surface area is 99.4 Å². The average molecular weight is 239 g/mol. The maximum absolute atomic E-state index is 6.10. The molecule has 3 aliphatic rings. The van der Waals surface area contributed by atoms with Crippen molar-refractivity contribution in [2.45, 2.75) is 37.6 Å². The first-order chi connectivity index (χ1) is 7.77. The van der Waals surface area contributed by atoms with Crippen molar-refractivity contribution in [2.24, 2.45) is 23.7 Å². The van der Waals surface area contributed by atoms with Crippen LogP contribution in [0, 0.1) is 23.7 Å². The van der Waals surface area contributed by atoms with Gasteiger partial charge in [-0.3, -0.25) is 0 Å². The van der Waals surface area contributed by atoms with Gasteiger partial charge in [-0.1, -0.05) is 0 Å². The minimum Gasteiger partial charge on any atom is -0.224 e. The van der Waals surface area contributed by atoms with Gasteiger partial charge in [0.05, 0.1) is 11.4 Å². The van der Waals surface area contributed by atoms with E-state index in [0.717, 1.165) is 29.5 Å². The third kappa shape index (κ3) is 1.04. The third-order valence-electron chi connectivity index (χ3n) is 4.85. The SMILES string of the molecule is CC(Cl)c1nnnn1C1C2C3CCC(C3)C21. The molecule has 16 heavy (non-hydrogen) atoms. The van der Waals surface area contributed by atoms with Crippen LogP contribution in [0.5, 0.6) is 0 Å². The summed E-state index contributed by atoms with van der Waals surface area (Å²) in [6, 6.07) is 0.567. The lowest BCUT2D eigenvalue weighted by molar-refractivity contribution is 0.416. The molecule has 5 unspecified atom stereocenters. The van der Waals surface area contributed by atoms with Crippen LogP contribution in [-0.2, 0) is 0 Å². The second kappa shape index (κ2) is 2.97. The van der Waals surface area contributed by atoms with Crippen LogP contribution in [0.15, 0.2) is 0 Å². The summed E-state index contributed by atoms with van der Waals surface area (Å²) in [5.41, 5.74) is 0.